The number of methoxy groups -OCH3 is 1. The minimum Gasteiger partial charge on any atom is -0.466 e. The fourth-order valence-corrected chi connectivity index (χ4v) is 6.07. The molecule has 3 rings (SSSR count). The highest BCUT2D eigenvalue weighted by Gasteiger charge is 2.44. The van der Waals surface area contributed by atoms with Gasteiger partial charge in [-0.2, -0.15) is 0 Å². The van der Waals surface area contributed by atoms with E-state index in [2.05, 4.69) is 32.2 Å². The quantitative estimate of drug-likeness (QED) is 0.297. The monoisotopic (exact) mass is 382 g/mol. The number of rotatable bonds is 5. The Kier molecular flexibility index (Phi) is 7.01. The fraction of sp³-hybridized carbons (Fsp3) is 0.654. The molecule has 2 nitrogen and oxygen atoms in total. The molecule has 0 aromatic carbocycles. The Bertz CT molecular complexity index is 681. The molecule has 0 spiro atoms. The highest BCUT2D eigenvalue weighted by atomic mass is 16.5. The van der Waals surface area contributed by atoms with E-state index in [0.29, 0.717) is 23.7 Å². The molecule has 0 radical (unpaired) electrons. The van der Waals surface area contributed by atoms with Crippen molar-refractivity contribution >= 4 is 5.97 Å². The van der Waals surface area contributed by atoms with Crippen molar-refractivity contribution in [1.82, 2.24) is 0 Å². The third-order valence-electron chi connectivity index (χ3n) is 7.74. The summed E-state index contributed by atoms with van der Waals surface area (Å²) in [5.41, 5.74) is 5.38. The molecule has 0 aromatic rings. The number of ether oxygens (including phenoxy) is 1. The van der Waals surface area contributed by atoms with Crippen LogP contribution in [0.5, 0.6) is 0 Å². The predicted molar refractivity (Wildman–Crippen MR) is 117 cm³/mol. The van der Waals surface area contributed by atoms with E-state index in [1.807, 2.05) is 6.92 Å². The summed E-state index contributed by atoms with van der Waals surface area (Å²) in [6, 6.07) is 0. The highest BCUT2D eigenvalue weighted by Crippen LogP contribution is 2.54. The van der Waals surface area contributed by atoms with Crippen molar-refractivity contribution in [2.24, 2.45) is 29.6 Å². The van der Waals surface area contributed by atoms with Crippen LogP contribution in [0.3, 0.4) is 0 Å². The van der Waals surface area contributed by atoms with Gasteiger partial charge in [-0.3, -0.25) is 0 Å². The van der Waals surface area contributed by atoms with Crippen molar-refractivity contribution in [3.05, 3.63) is 47.6 Å². The fourth-order valence-electron chi connectivity index (χ4n) is 6.07. The number of hydrogen-bond donors (Lipinski definition) is 0. The molecule has 0 aromatic heterocycles. The van der Waals surface area contributed by atoms with Crippen molar-refractivity contribution < 1.29 is 9.53 Å². The van der Waals surface area contributed by atoms with E-state index >= 15 is 0 Å². The second-order valence-electron chi connectivity index (χ2n) is 9.39. The van der Waals surface area contributed by atoms with E-state index in [9.17, 15) is 4.79 Å². The molecular formula is C26H38O2. The minimum absolute atomic E-state index is 0.209. The van der Waals surface area contributed by atoms with Gasteiger partial charge < -0.3 is 4.74 Å². The first-order chi connectivity index (χ1) is 13.4. The van der Waals surface area contributed by atoms with Gasteiger partial charge in [-0.1, -0.05) is 49.0 Å². The number of allylic oxidation sites excluding steroid dienone is 5. The standard InChI is InChI=1S/C26H38O2/c1-17(8-6-10-20(4)26(27)28-5)22-14-12-19(3)23-15-13-21-11-7-9-18(2)24(16-21)25(22)23/h10-11,17,22-25H,2-3,6-9,12-16H2,1,4-5H3. The van der Waals surface area contributed by atoms with Crippen molar-refractivity contribution in [1.29, 1.82) is 0 Å². The van der Waals surface area contributed by atoms with Crippen molar-refractivity contribution in [2.75, 3.05) is 7.11 Å². The van der Waals surface area contributed by atoms with Gasteiger partial charge >= 0.3 is 5.97 Å². The largest absolute Gasteiger partial charge is 0.466 e. The number of esters is 1. The molecule has 0 amide bonds. The van der Waals surface area contributed by atoms with Gasteiger partial charge in [0, 0.05) is 5.57 Å². The molecule has 3 aliphatic carbocycles. The van der Waals surface area contributed by atoms with Gasteiger partial charge in [0.2, 0.25) is 0 Å². The molecule has 2 fully saturated rings. The van der Waals surface area contributed by atoms with Crippen LogP contribution in [0.2, 0.25) is 0 Å². The van der Waals surface area contributed by atoms with Crippen LogP contribution < -0.4 is 0 Å². The predicted octanol–water partition coefficient (Wildman–Crippen LogP) is 6.80. The average molecular weight is 383 g/mol. The molecule has 154 valence electrons. The molecule has 0 N–H and O–H groups in total. The van der Waals surface area contributed by atoms with E-state index in [0.717, 1.165) is 30.8 Å². The van der Waals surface area contributed by atoms with E-state index in [-0.39, 0.29) is 5.97 Å². The first kappa shape index (κ1) is 21.1. The Labute approximate surface area is 171 Å². The zero-order valence-electron chi connectivity index (χ0n) is 18.1. The second kappa shape index (κ2) is 9.29. The Morgan fingerprint density at radius 3 is 2.71 bits per heavy atom. The summed E-state index contributed by atoms with van der Waals surface area (Å²) in [4.78, 5) is 11.6. The minimum atomic E-state index is -0.209. The Balaban J connectivity index is 1.76. The van der Waals surface area contributed by atoms with Crippen LogP contribution in [0.15, 0.2) is 47.6 Å². The second-order valence-corrected chi connectivity index (χ2v) is 9.39. The van der Waals surface area contributed by atoms with Gasteiger partial charge in [0.05, 0.1) is 7.11 Å². The summed E-state index contributed by atoms with van der Waals surface area (Å²) in [6.45, 7) is 13.3. The zero-order valence-corrected chi connectivity index (χ0v) is 18.1. The summed E-state index contributed by atoms with van der Waals surface area (Å²) in [5.74, 6) is 3.20. The maximum atomic E-state index is 11.6. The molecule has 2 bridgehead atoms. The lowest BCUT2D eigenvalue weighted by atomic mass is 9.59. The molecule has 5 unspecified atom stereocenters. The number of carbonyl (C=O) groups excluding carboxylic acids is 1. The van der Waals surface area contributed by atoms with E-state index in [4.69, 9.17) is 4.74 Å². The summed E-state index contributed by atoms with van der Waals surface area (Å²) < 4.78 is 4.82. The van der Waals surface area contributed by atoms with Crippen LogP contribution >= 0.6 is 0 Å². The van der Waals surface area contributed by atoms with Crippen molar-refractivity contribution in [3.8, 4) is 0 Å². The molecule has 0 saturated heterocycles. The zero-order chi connectivity index (χ0) is 20.3. The van der Waals surface area contributed by atoms with E-state index in [1.54, 1.807) is 5.57 Å². The normalized spacial score (nSPS) is 32.0. The van der Waals surface area contributed by atoms with Crippen LogP contribution in [0.1, 0.15) is 71.6 Å². The molecule has 5 atom stereocenters. The van der Waals surface area contributed by atoms with Crippen LogP contribution in [-0.4, -0.2) is 13.1 Å². The van der Waals surface area contributed by atoms with Gasteiger partial charge in [0.15, 0.2) is 0 Å². The summed E-state index contributed by atoms with van der Waals surface area (Å²) in [6.07, 6.45) is 15.2. The summed E-state index contributed by atoms with van der Waals surface area (Å²) in [7, 11) is 1.45. The first-order valence-electron chi connectivity index (χ1n) is 11.2. The molecule has 2 heteroatoms. The third-order valence-corrected chi connectivity index (χ3v) is 7.74. The first-order valence-corrected chi connectivity index (χ1v) is 11.2. The number of hydrogen-bond acceptors (Lipinski definition) is 2. The van der Waals surface area contributed by atoms with Gasteiger partial charge in [-0.05, 0) is 94.3 Å². The van der Waals surface area contributed by atoms with Gasteiger partial charge in [0.25, 0.3) is 0 Å². The molecular weight excluding hydrogens is 344 g/mol. The van der Waals surface area contributed by atoms with Crippen LogP contribution in [0, 0.1) is 29.6 Å². The summed E-state index contributed by atoms with van der Waals surface area (Å²) in [5, 5.41) is 0. The lowest BCUT2D eigenvalue weighted by molar-refractivity contribution is -0.136. The lowest BCUT2D eigenvalue weighted by Gasteiger charge is -2.46. The molecule has 3 aliphatic rings. The SMILES string of the molecule is C=C1CCC(C(C)CCC=C(C)C(=O)OC)C2C1CCC1=CCCC(=C)C2C1. The Hall–Kier alpha value is -1.57. The van der Waals surface area contributed by atoms with Crippen LogP contribution in [0.4, 0.5) is 0 Å². The molecule has 0 aliphatic heterocycles. The third kappa shape index (κ3) is 4.53. The topological polar surface area (TPSA) is 26.3 Å². The van der Waals surface area contributed by atoms with Gasteiger partial charge in [-0.25, -0.2) is 4.79 Å². The molecule has 0 heterocycles. The van der Waals surface area contributed by atoms with Crippen LogP contribution in [0.25, 0.3) is 0 Å². The van der Waals surface area contributed by atoms with E-state index in [1.165, 1.54) is 56.8 Å². The Morgan fingerprint density at radius 2 is 1.96 bits per heavy atom. The maximum Gasteiger partial charge on any atom is 0.333 e. The summed E-state index contributed by atoms with van der Waals surface area (Å²) >= 11 is 0. The number of fused-ring (bicyclic) bond motifs is 4. The molecule has 2 saturated carbocycles. The van der Waals surface area contributed by atoms with Crippen LogP contribution in [-0.2, 0) is 9.53 Å². The Morgan fingerprint density at radius 1 is 1.21 bits per heavy atom. The lowest BCUT2D eigenvalue weighted by Crippen LogP contribution is -2.38. The van der Waals surface area contributed by atoms with Crippen molar-refractivity contribution in [3.63, 3.8) is 0 Å². The smallest absolute Gasteiger partial charge is 0.333 e. The van der Waals surface area contributed by atoms with Crippen molar-refractivity contribution in [2.45, 2.75) is 71.6 Å². The van der Waals surface area contributed by atoms with Gasteiger partial charge in [0.1, 0.15) is 0 Å². The maximum absolute atomic E-state index is 11.6. The number of carbonyl (C=O) groups is 1. The average Bonchev–Trinajstić information content (AvgIpc) is 2.99. The molecule has 28 heavy (non-hydrogen) atoms. The van der Waals surface area contributed by atoms with Gasteiger partial charge in [-0.15, -0.1) is 0 Å². The van der Waals surface area contributed by atoms with E-state index < -0.39 is 0 Å². The highest BCUT2D eigenvalue weighted by molar-refractivity contribution is 5.87.